The Morgan fingerprint density at radius 3 is 2.52 bits per heavy atom. The number of carbonyl (C=O) groups is 2. The number of rotatable bonds is 7. The first-order valence-electron chi connectivity index (χ1n) is 5.99. The number of sulfonamides is 1. The molecule has 0 unspecified atom stereocenters. The van der Waals surface area contributed by atoms with Gasteiger partial charge in [-0.1, -0.05) is 0 Å². The van der Waals surface area contributed by atoms with Crippen molar-refractivity contribution in [2.75, 3.05) is 20.2 Å². The number of aromatic carboxylic acids is 1. The molecule has 0 heterocycles. The topological polar surface area (TPSA) is 122 Å². The van der Waals surface area contributed by atoms with E-state index in [0.29, 0.717) is 6.54 Å². The molecule has 1 aromatic rings. The standard InChI is InChI=1S/C12H16N2O6S/c1-3-13-11(15)7-14-21(18,19)10-5-4-8(12(16)17)6-9(10)20-2/h4-6,14H,3,7H2,1-2H3,(H,13,15)(H,16,17). The lowest BCUT2D eigenvalue weighted by Gasteiger charge is -2.11. The van der Waals surface area contributed by atoms with Crippen molar-refractivity contribution < 1.29 is 27.9 Å². The summed E-state index contributed by atoms with van der Waals surface area (Å²) >= 11 is 0. The summed E-state index contributed by atoms with van der Waals surface area (Å²) in [5.41, 5.74) is -0.102. The van der Waals surface area contributed by atoms with E-state index in [-0.39, 0.29) is 16.2 Å². The van der Waals surface area contributed by atoms with Gasteiger partial charge < -0.3 is 15.2 Å². The molecule has 0 fully saturated rings. The van der Waals surface area contributed by atoms with E-state index < -0.39 is 28.4 Å². The minimum Gasteiger partial charge on any atom is -0.495 e. The molecule has 0 radical (unpaired) electrons. The number of hydrogen-bond acceptors (Lipinski definition) is 5. The third-order valence-corrected chi connectivity index (χ3v) is 3.94. The Bertz CT molecular complexity index is 641. The largest absolute Gasteiger partial charge is 0.495 e. The molecule has 0 aliphatic rings. The van der Waals surface area contributed by atoms with Crippen LogP contribution in [0.3, 0.4) is 0 Å². The van der Waals surface area contributed by atoms with Gasteiger partial charge in [0.15, 0.2) is 0 Å². The quantitative estimate of drug-likeness (QED) is 0.641. The summed E-state index contributed by atoms with van der Waals surface area (Å²) in [6.45, 7) is 1.68. The van der Waals surface area contributed by atoms with Crippen molar-refractivity contribution in [2.45, 2.75) is 11.8 Å². The Morgan fingerprint density at radius 2 is 2.00 bits per heavy atom. The van der Waals surface area contributed by atoms with E-state index in [2.05, 4.69) is 10.0 Å². The SMILES string of the molecule is CCNC(=O)CNS(=O)(=O)c1ccc(C(=O)O)cc1OC. The Labute approximate surface area is 122 Å². The molecule has 1 rings (SSSR count). The molecule has 21 heavy (non-hydrogen) atoms. The molecular formula is C12H16N2O6S. The van der Waals surface area contributed by atoms with Crippen LogP contribution in [0.15, 0.2) is 23.1 Å². The van der Waals surface area contributed by atoms with E-state index in [0.717, 1.165) is 18.2 Å². The fourth-order valence-corrected chi connectivity index (χ4v) is 2.65. The lowest BCUT2D eigenvalue weighted by Crippen LogP contribution is -2.36. The van der Waals surface area contributed by atoms with Gasteiger partial charge in [0.1, 0.15) is 10.6 Å². The molecule has 0 aliphatic carbocycles. The van der Waals surface area contributed by atoms with Crippen LogP contribution in [0.2, 0.25) is 0 Å². The van der Waals surface area contributed by atoms with E-state index in [4.69, 9.17) is 9.84 Å². The molecule has 1 amide bonds. The van der Waals surface area contributed by atoms with Crippen molar-refractivity contribution >= 4 is 21.9 Å². The highest BCUT2D eigenvalue weighted by atomic mass is 32.2. The Morgan fingerprint density at radius 1 is 1.33 bits per heavy atom. The average Bonchev–Trinajstić information content (AvgIpc) is 2.44. The molecule has 0 saturated heterocycles. The first kappa shape index (κ1) is 16.9. The summed E-state index contributed by atoms with van der Waals surface area (Å²) in [5, 5.41) is 11.3. The number of amides is 1. The number of nitrogens with one attached hydrogen (secondary N) is 2. The molecule has 116 valence electrons. The van der Waals surface area contributed by atoms with E-state index in [1.54, 1.807) is 6.92 Å². The van der Waals surface area contributed by atoms with Gasteiger partial charge in [-0.25, -0.2) is 17.9 Å². The first-order chi connectivity index (χ1) is 9.81. The predicted octanol–water partition coefficient (Wildman–Crippen LogP) is -0.192. The predicted molar refractivity (Wildman–Crippen MR) is 73.8 cm³/mol. The van der Waals surface area contributed by atoms with Crippen molar-refractivity contribution in [3.63, 3.8) is 0 Å². The third kappa shape index (κ3) is 4.43. The summed E-state index contributed by atoms with van der Waals surface area (Å²) in [4.78, 5) is 21.9. The summed E-state index contributed by atoms with van der Waals surface area (Å²) in [7, 11) is -2.76. The lowest BCUT2D eigenvalue weighted by atomic mass is 10.2. The van der Waals surface area contributed by atoms with Crippen molar-refractivity contribution in [1.82, 2.24) is 10.0 Å². The van der Waals surface area contributed by atoms with Crippen LogP contribution < -0.4 is 14.8 Å². The van der Waals surface area contributed by atoms with Gasteiger partial charge >= 0.3 is 5.97 Å². The summed E-state index contributed by atoms with van der Waals surface area (Å²) in [6.07, 6.45) is 0. The van der Waals surface area contributed by atoms with Crippen molar-refractivity contribution in [2.24, 2.45) is 0 Å². The third-order valence-electron chi connectivity index (χ3n) is 2.50. The van der Waals surface area contributed by atoms with Crippen LogP contribution in [0.1, 0.15) is 17.3 Å². The van der Waals surface area contributed by atoms with Gasteiger partial charge in [0, 0.05) is 6.54 Å². The van der Waals surface area contributed by atoms with E-state index >= 15 is 0 Å². The highest BCUT2D eigenvalue weighted by molar-refractivity contribution is 7.89. The second-order valence-corrected chi connectivity index (χ2v) is 5.68. The van der Waals surface area contributed by atoms with Gasteiger partial charge in [-0.3, -0.25) is 4.79 Å². The van der Waals surface area contributed by atoms with Gasteiger partial charge in [0.25, 0.3) is 0 Å². The number of methoxy groups -OCH3 is 1. The summed E-state index contributed by atoms with van der Waals surface area (Å²) in [5.74, 6) is -1.78. The lowest BCUT2D eigenvalue weighted by molar-refractivity contribution is -0.119. The van der Waals surface area contributed by atoms with Crippen LogP contribution in [0.5, 0.6) is 5.75 Å². The molecule has 0 bridgehead atoms. The van der Waals surface area contributed by atoms with E-state index in [1.165, 1.54) is 7.11 Å². The van der Waals surface area contributed by atoms with Crippen LogP contribution in [-0.2, 0) is 14.8 Å². The number of ether oxygens (including phenoxy) is 1. The molecule has 0 aliphatic heterocycles. The molecule has 9 heteroatoms. The highest BCUT2D eigenvalue weighted by Crippen LogP contribution is 2.24. The molecule has 8 nitrogen and oxygen atoms in total. The van der Waals surface area contributed by atoms with E-state index in [9.17, 15) is 18.0 Å². The number of benzene rings is 1. The Balaban J connectivity index is 3.02. The van der Waals surface area contributed by atoms with Crippen LogP contribution in [0.25, 0.3) is 0 Å². The zero-order valence-electron chi connectivity index (χ0n) is 11.5. The number of likely N-dealkylation sites (N-methyl/N-ethyl adjacent to an activating group) is 1. The van der Waals surface area contributed by atoms with Crippen LogP contribution in [0, 0.1) is 0 Å². The molecular weight excluding hydrogens is 300 g/mol. The Kier molecular flexibility index (Phi) is 5.68. The van der Waals surface area contributed by atoms with Gasteiger partial charge in [-0.15, -0.1) is 0 Å². The fourth-order valence-electron chi connectivity index (χ4n) is 1.52. The number of hydrogen-bond donors (Lipinski definition) is 3. The zero-order valence-corrected chi connectivity index (χ0v) is 12.4. The zero-order chi connectivity index (χ0) is 16.0. The van der Waals surface area contributed by atoms with Crippen LogP contribution in [0.4, 0.5) is 0 Å². The van der Waals surface area contributed by atoms with Gasteiger partial charge in [0.05, 0.1) is 19.2 Å². The number of carboxylic acid groups (broad SMARTS) is 1. The highest BCUT2D eigenvalue weighted by Gasteiger charge is 2.21. The average molecular weight is 316 g/mol. The minimum absolute atomic E-state index is 0.102. The van der Waals surface area contributed by atoms with E-state index in [1.807, 2.05) is 0 Å². The van der Waals surface area contributed by atoms with Crippen molar-refractivity contribution in [3.05, 3.63) is 23.8 Å². The number of carbonyl (C=O) groups excluding carboxylic acids is 1. The molecule has 0 spiro atoms. The second-order valence-electron chi connectivity index (χ2n) is 3.95. The second kappa shape index (κ2) is 7.04. The summed E-state index contributed by atoms with van der Waals surface area (Å²) < 4.78 is 31.2. The minimum atomic E-state index is -3.99. The fraction of sp³-hybridized carbons (Fsp3) is 0.333. The van der Waals surface area contributed by atoms with Crippen molar-refractivity contribution in [1.29, 1.82) is 0 Å². The van der Waals surface area contributed by atoms with Gasteiger partial charge in [-0.05, 0) is 25.1 Å². The van der Waals surface area contributed by atoms with Gasteiger partial charge in [0.2, 0.25) is 15.9 Å². The maximum Gasteiger partial charge on any atom is 0.335 e. The molecule has 3 N–H and O–H groups in total. The van der Waals surface area contributed by atoms with Crippen LogP contribution in [-0.4, -0.2) is 45.6 Å². The number of carboxylic acids is 1. The molecule has 1 aromatic carbocycles. The van der Waals surface area contributed by atoms with Crippen molar-refractivity contribution in [3.8, 4) is 5.75 Å². The maximum absolute atomic E-state index is 12.1. The summed E-state index contributed by atoms with van der Waals surface area (Å²) in [6, 6.07) is 3.36. The molecule has 0 aromatic heterocycles. The normalized spacial score (nSPS) is 11.0. The molecule has 0 atom stereocenters. The molecule has 0 saturated carbocycles. The van der Waals surface area contributed by atoms with Gasteiger partial charge in [-0.2, -0.15) is 0 Å². The smallest absolute Gasteiger partial charge is 0.335 e. The van der Waals surface area contributed by atoms with Crippen LogP contribution >= 0.6 is 0 Å². The first-order valence-corrected chi connectivity index (χ1v) is 7.47. The Hall–Kier alpha value is -2.13. The monoisotopic (exact) mass is 316 g/mol. The maximum atomic E-state index is 12.1.